The third kappa shape index (κ3) is 7.42. The molecule has 2 aromatic heterocycles. The molecular formula is C28H26F6N6O2. The summed E-state index contributed by atoms with van der Waals surface area (Å²) in [7, 11) is 0. The van der Waals surface area contributed by atoms with Crippen LogP contribution in [0.4, 0.5) is 26.3 Å². The van der Waals surface area contributed by atoms with Crippen LogP contribution in [0.15, 0.2) is 73.2 Å². The van der Waals surface area contributed by atoms with Gasteiger partial charge in [0.05, 0.1) is 16.8 Å². The number of amides is 1. The van der Waals surface area contributed by atoms with E-state index in [0.29, 0.717) is 17.4 Å². The van der Waals surface area contributed by atoms with E-state index in [2.05, 4.69) is 25.8 Å². The molecule has 0 saturated carbocycles. The molecule has 1 N–H and O–H groups in total. The highest BCUT2D eigenvalue weighted by molar-refractivity contribution is 5.85. The molecule has 0 saturated heterocycles. The molecule has 0 aliphatic heterocycles. The van der Waals surface area contributed by atoms with Gasteiger partial charge in [-0.2, -0.15) is 26.3 Å². The highest BCUT2D eigenvalue weighted by Crippen LogP contribution is 2.32. The summed E-state index contributed by atoms with van der Waals surface area (Å²) in [6.45, 7) is 4.62. The van der Waals surface area contributed by atoms with Gasteiger partial charge in [0.15, 0.2) is 5.60 Å². The Balaban J connectivity index is 1.57. The highest BCUT2D eigenvalue weighted by atomic mass is 19.4. The second kappa shape index (κ2) is 11.8. The standard InChI is InChI=1S/C28H26F6N6O2/c1-17(37-25(41)26(2,3)42-24-12-11-21(15-35-24)28(32,33)34)23(13-18-7-9-20(10-8-18)27(29,30)31)19-5-4-6-22(14-19)40-16-36-38-39-40/h4-12,14-17,23H,13H2,1-3H3,(H,37,41). The van der Waals surface area contributed by atoms with Gasteiger partial charge in [-0.25, -0.2) is 9.67 Å². The minimum atomic E-state index is -4.57. The lowest BCUT2D eigenvalue weighted by molar-refractivity contribution is -0.138. The first-order chi connectivity index (χ1) is 19.6. The predicted molar refractivity (Wildman–Crippen MR) is 139 cm³/mol. The first-order valence-electron chi connectivity index (χ1n) is 12.7. The molecule has 2 unspecified atom stereocenters. The second-order valence-corrected chi connectivity index (χ2v) is 10.1. The molecule has 4 aromatic rings. The number of hydrogen-bond donors (Lipinski definition) is 1. The molecule has 8 nitrogen and oxygen atoms in total. The normalized spacial score (nSPS) is 13.8. The van der Waals surface area contributed by atoms with Crippen LogP contribution < -0.4 is 10.1 Å². The number of nitrogens with one attached hydrogen (secondary N) is 1. The van der Waals surface area contributed by atoms with Crippen LogP contribution in [0, 0.1) is 0 Å². The van der Waals surface area contributed by atoms with Crippen molar-refractivity contribution in [2.75, 3.05) is 0 Å². The predicted octanol–water partition coefficient (Wildman–Crippen LogP) is 5.78. The molecule has 2 atom stereocenters. The summed E-state index contributed by atoms with van der Waals surface area (Å²) >= 11 is 0. The van der Waals surface area contributed by atoms with Crippen LogP contribution in [0.2, 0.25) is 0 Å². The van der Waals surface area contributed by atoms with Crippen molar-refractivity contribution in [2.24, 2.45) is 0 Å². The van der Waals surface area contributed by atoms with Gasteiger partial charge in [-0.3, -0.25) is 4.79 Å². The lowest BCUT2D eigenvalue weighted by Crippen LogP contribution is -2.51. The second-order valence-electron chi connectivity index (χ2n) is 10.1. The molecule has 4 rings (SSSR count). The van der Waals surface area contributed by atoms with Gasteiger partial charge in [-0.1, -0.05) is 24.3 Å². The maximum absolute atomic E-state index is 13.3. The van der Waals surface area contributed by atoms with Crippen molar-refractivity contribution in [1.29, 1.82) is 0 Å². The number of carbonyl (C=O) groups excluding carboxylic acids is 1. The Kier molecular flexibility index (Phi) is 8.55. The van der Waals surface area contributed by atoms with Crippen LogP contribution in [0.25, 0.3) is 5.69 Å². The molecule has 222 valence electrons. The molecule has 2 aromatic carbocycles. The summed E-state index contributed by atoms with van der Waals surface area (Å²) in [4.78, 5) is 17.0. The molecule has 14 heteroatoms. The molecule has 0 fully saturated rings. The molecule has 42 heavy (non-hydrogen) atoms. The largest absolute Gasteiger partial charge is 0.462 e. The number of hydrogen-bond acceptors (Lipinski definition) is 6. The van der Waals surface area contributed by atoms with E-state index in [9.17, 15) is 31.1 Å². The molecule has 0 radical (unpaired) electrons. The Morgan fingerprint density at radius 1 is 0.952 bits per heavy atom. The average Bonchev–Trinajstić information content (AvgIpc) is 3.46. The van der Waals surface area contributed by atoms with Gasteiger partial charge in [0, 0.05) is 24.2 Å². The average molecular weight is 593 g/mol. The smallest absolute Gasteiger partial charge is 0.417 e. The Bertz CT molecular complexity index is 1490. The lowest BCUT2D eigenvalue weighted by atomic mass is 9.85. The van der Waals surface area contributed by atoms with E-state index in [1.165, 1.54) is 37.0 Å². The maximum atomic E-state index is 13.3. The van der Waals surface area contributed by atoms with Gasteiger partial charge < -0.3 is 10.1 Å². The Labute approximate surface area is 236 Å². The number of pyridine rings is 1. The number of carbonyl (C=O) groups is 1. The number of benzene rings is 2. The summed E-state index contributed by atoms with van der Waals surface area (Å²) in [5.41, 5.74) is -1.29. The van der Waals surface area contributed by atoms with Crippen molar-refractivity contribution in [2.45, 2.75) is 57.1 Å². The van der Waals surface area contributed by atoms with Gasteiger partial charge in [-0.15, -0.1) is 5.10 Å². The Morgan fingerprint density at radius 2 is 1.62 bits per heavy atom. The van der Waals surface area contributed by atoms with Crippen molar-refractivity contribution in [3.8, 4) is 11.6 Å². The van der Waals surface area contributed by atoms with Gasteiger partial charge in [0.1, 0.15) is 6.33 Å². The number of ether oxygens (including phenoxy) is 1. The van der Waals surface area contributed by atoms with E-state index in [4.69, 9.17) is 4.74 Å². The van der Waals surface area contributed by atoms with E-state index < -0.39 is 46.9 Å². The highest BCUT2D eigenvalue weighted by Gasteiger charge is 2.35. The fourth-order valence-corrected chi connectivity index (χ4v) is 4.24. The maximum Gasteiger partial charge on any atom is 0.417 e. The van der Waals surface area contributed by atoms with Crippen LogP contribution in [-0.4, -0.2) is 42.7 Å². The van der Waals surface area contributed by atoms with E-state index in [1.807, 2.05) is 12.1 Å². The minimum absolute atomic E-state index is 0.175. The number of tetrazole rings is 1. The molecule has 1 amide bonds. The number of halogens is 6. The van der Waals surface area contributed by atoms with Crippen molar-refractivity contribution < 1.29 is 35.9 Å². The zero-order valence-corrected chi connectivity index (χ0v) is 22.6. The van der Waals surface area contributed by atoms with Crippen LogP contribution in [-0.2, 0) is 23.6 Å². The first-order valence-corrected chi connectivity index (χ1v) is 12.7. The zero-order valence-electron chi connectivity index (χ0n) is 22.6. The van der Waals surface area contributed by atoms with Crippen LogP contribution in [0.5, 0.6) is 5.88 Å². The quantitative estimate of drug-likeness (QED) is 0.248. The number of alkyl halides is 6. The summed E-state index contributed by atoms with van der Waals surface area (Å²) in [6.07, 6.45) is -6.76. The topological polar surface area (TPSA) is 94.8 Å². The third-order valence-corrected chi connectivity index (χ3v) is 6.58. The summed E-state index contributed by atoms with van der Waals surface area (Å²) in [5.74, 6) is -1.18. The van der Waals surface area contributed by atoms with Crippen molar-refractivity contribution in [3.05, 3.63) is 95.4 Å². The summed E-state index contributed by atoms with van der Waals surface area (Å²) in [5, 5.41) is 14.0. The summed E-state index contributed by atoms with van der Waals surface area (Å²) < 4.78 is 85.0. The molecule has 0 aliphatic rings. The number of nitrogens with zero attached hydrogens (tertiary/aromatic N) is 5. The lowest BCUT2D eigenvalue weighted by Gasteiger charge is -2.31. The van der Waals surface area contributed by atoms with Gasteiger partial charge >= 0.3 is 12.4 Å². The molecule has 2 heterocycles. The van der Waals surface area contributed by atoms with Crippen molar-refractivity contribution in [1.82, 2.24) is 30.5 Å². The molecule has 0 spiro atoms. The molecule has 0 aliphatic carbocycles. The zero-order chi connectivity index (χ0) is 30.7. The minimum Gasteiger partial charge on any atom is -0.462 e. The Hall–Kier alpha value is -4.49. The Morgan fingerprint density at radius 3 is 2.19 bits per heavy atom. The van der Waals surface area contributed by atoms with Gasteiger partial charge in [-0.05, 0) is 79.1 Å². The van der Waals surface area contributed by atoms with E-state index in [-0.39, 0.29) is 12.3 Å². The molecular weight excluding hydrogens is 566 g/mol. The van der Waals surface area contributed by atoms with Crippen LogP contribution in [0.3, 0.4) is 0 Å². The SMILES string of the molecule is CC(NC(=O)C(C)(C)Oc1ccc(C(F)(F)F)cn1)C(Cc1ccc(C(F)(F)F)cc1)c1cccc(-n2cnnn2)c1. The third-order valence-electron chi connectivity index (χ3n) is 6.58. The van der Waals surface area contributed by atoms with Crippen LogP contribution in [0.1, 0.15) is 48.9 Å². The van der Waals surface area contributed by atoms with Crippen LogP contribution >= 0.6 is 0 Å². The first kappa shape index (κ1) is 30.5. The molecule has 0 bridgehead atoms. The fourth-order valence-electron chi connectivity index (χ4n) is 4.24. The fraction of sp³-hybridized carbons (Fsp3) is 0.321. The van der Waals surface area contributed by atoms with Gasteiger partial charge in [0.25, 0.3) is 5.91 Å². The van der Waals surface area contributed by atoms with E-state index >= 15 is 0 Å². The summed E-state index contributed by atoms with van der Waals surface area (Å²) in [6, 6.07) is 13.2. The van der Waals surface area contributed by atoms with E-state index in [1.54, 1.807) is 19.1 Å². The monoisotopic (exact) mass is 592 g/mol. The van der Waals surface area contributed by atoms with Crippen molar-refractivity contribution >= 4 is 5.91 Å². The number of aromatic nitrogens is 5. The van der Waals surface area contributed by atoms with E-state index in [0.717, 1.165) is 29.8 Å². The number of rotatable bonds is 9. The van der Waals surface area contributed by atoms with Gasteiger partial charge in [0.2, 0.25) is 5.88 Å². The van der Waals surface area contributed by atoms with Crippen molar-refractivity contribution in [3.63, 3.8) is 0 Å².